The molecule has 0 atom stereocenters. The van der Waals surface area contributed by atoms with Crippen molar-refractivity contribution in [1.82, 2.24) is 4.98 Å². The van der Waals surface area contributed by atoms with Crippen molar-refractivity contribution in [2.75, 3.05) is 0 Å². The van der Waals surface area contributed by atoms with Crippen LogP contribution in [0.4, 0.5) is 0 Å². The number of aromatic nitrogens is 1. The summed E-state index contributed by atoms with van der Waals surface area (Å²) in [7, 11) is 0. The molecule has 0 aromatic carbocycles. The summed E-state index contributed by atoms with van der Waals surface area (Å²) in [6.45, 7) is 4.00. The fourth-order valence-electron chi connectivity index (χ4n) is 0.277. The summed E-state index contributed by atoms with van der Waals surface area (Å²) in [6, 6.07) is 6.43. The number of nitrogens with zero attached hydrogens (tertiary/aromatic N) is 1. The molecule has 1 heterocycles. The van der Waals surface area contributed by atoms with Crippen LogP contribution in [-0.4, -0.2) is 4.98 Å². The van der Waals surface area contributed by atoms with E-state index in [9.17, 15) is 0 Å². The molecular formula is C7H10NY-. The van der Waals surface area contributed by atoms with Gasteiger partial charge in [-0.25, -0.2) is 12.1 Å². The monoisotopic (exact) mass is 197 g/mol. The Bertz CT molecular complexity index is 80.8. The van der Waals surface area contributed by atoms with Crippen molar-refractivity contribution in [3.63, 3.8) is 0 Å². The molecule has 0 spiro atoms. The number of pyridine rings is 1. The van der Waals surface area contributed by atoms with Crippen LogP contribution in [0.2, 0.25) is 0 Å². The zero-order valence-corrected chi connectivity index (χ0v) is 8.67. The largest absolute Gasteiger partial charge is 0.304 e. The number of rotatable bonds is 0. The summed E-state index contributed by atoms with van der Waals surface area (Å²) in [5, 5.41) is 0. The predicted molar refractivity (Wildman–Crippen MR) is 34.4 cm³/mol. The first-order valence-electron chi connectivity index (χ1n) is 2.76. The molecule has 1 radical (unpaired) electrons. The summed E-state index contributed by atoms with van der Waals surface area (Å²) in [4.78, 5) is 3.73. The maximum atomic E-state index is 3.73. The van der Waals surface area contributed by atoms with E-state index in [1.165, 1.54) is 0 Å². The van der Waals surface area contributed by atoms with Gasteiger partial charge in [0.1, 0.15) is 0 Å². The standard InChI is InChI=1S/C5H4N.C2H6.Y/c1-2-4-6-5-3-1;1-2;/h1-2,4-5H;1-2H3;/q-1;;. The molecule has 2 heteroatoms. The summed E-state index contributed by atoms with van der Waals surface area (Å²) in [6.07, 6.45) is 3.34. The first kappa shape index (κ1) is 12.0. The first-order chi connectivity index (χ1) is 4.00. The summed E-state index contributed by atoms with van der Waals surface area (Å²) in [5.74, 6) is 0. The minimum Gasteiger partial charge on any atom is -0.304 e. The average molecular weight is 197 g/mol. The first-order valence-corrected chi connectivity index (χ1v) is 2.76. The Morgan fingerprint density at radius 1 is 1.33 bits per heavy atom. The average Bonchev–Trinajstić information content (AvgIpc) is 1.96. The second-order valence-electron chi connectivity index (χ2n) is 0.953. The van der Waals surface area contributed by atoms with Crippen LogP contribution < -0.4 is 0 Å². The van der Waals surface area contributed by atoms with Gasteiger partial charge in [-0.2, -0.15) is 6.07 Å². The van der Waals surface area contributed by atoms with Gasteiger partial charge in [0.15, 0.2) is 0 Å². The van der Waals surface area contributed by atoms with Gasteiger partial charge in [-0.05, 0) is 0 Å². The van der Waals surface area contributed by atoms with Crippen LogP contribution in [0.3, 0.4) is 0 Å². The molecule has 0 fully saturated rings. The molecule has 0 bridgehead atoms. The van der Waals surface area contributed by atoms with Crippen molar-refractivity contribution in [2.24, 2.45) is 0 Å². The van der Waals surface area contributed by atoms with E-state index in [0.29, 0.717) is 0 Å². The number of hydrogen-bond acceptors (Lipinski definition) is 1. The molecule has 1 rings (SSSR count). The third-order valence-corrected chi connectivity index (χ3v) is 0.514. The molecule has 0 aliphatic heterocycles. The van der Waals surface area contributed by atoms with E-state index in [1.54, 1.807) is 12.4 Å². The van der Waals surface area contributed by atoms with E-state index in [1.807, 2.05) is 26.0 Å². The molecule has 0 N–H and O–H groups in total. The Balaban J connectivity index is 0. The quantitative estimate of drug-likeness (QED) is 0.579. The molecule has 0 aliphatic rings. The van der Waals surface area contributed by atoms with Crippen LogP contribution in [0.5, 0.6) is 0 Å². The molecule has 0 saturated heterocycles. The van der Waals surface area contributed by atoms with Gasteiger partial charge < -0.3 is 4.98 Å². The molecule has 0 saturated carbocycles. The van der Waals surface area contributed by atoms with Crippen LogP contribution in [0.15, 0.2) is 24.5 Å². The SMILES string of the molecule is CC.[Y].[c-]1cccnc1. The Labute approximate surface area is 81.8 Å². The Hall–Kier alpha value is 0.254. The van der Waals surface area contributed by atoms with Crippen LogP contribution in [-0.2, 0) is 32.7 Å². The van der Waals surface area contributed by atoms with Crippen molar-refractivity contribution < 1.29 is 32.7 Å². The van der Waals surface area contributed by atoms with Gasteiger partial charge in [-0.3, -0.25) is 0 Å². The zero-order valence-electron chi connectivity index (χ0n) is 5.83. The van der Waals surface area contributed by atoms with E-state index < -0.39 is 0 Å². The van der Waals surface area contributed by atoms with Gasteiger partial charge in [-0.15, -0.1) is 0 Å². The molecule has 0 amide bonds. The number of hydrogen-bond donors (Lipinski definition) is 0. The molecule has 0 unspecified atom stereocenters. The second-order valence-corrected chi connectivity index (χ2v) is 0.953. The maximum absolute atomic E-state index is 3.73. The molecule has 1 nitrogen and oxygen atoms in total. The summed E-state index contributed by atoms with van der Waals surface area (Å²) >= 11 is 0. The van der Waals surface area contributed by atoms with Crippen molar-refractivity contribution in [3.05, 3.63) is 30.6 Å². The molecule has 1 aromatic rings. The topological polar surface area (TPSA) is 12.9 Å². The van der Waals surface area contributed by atoms with Gasteiger partial charge in [0.05, 0.1) is 0 Å². The molecule has 0 aliphatic carbocycles. The second kappa shape index (κ2) is 11.1. The van der Waals surface area contributed by atoms with Crippen molar-refractivity contribution >= 4 is 0 Å². The normalized spacial score (nSPS) is 6.00. The van der Waals surface area contributed by atoms with Gasteiger partial charge in [0.25, 0.3) is 0 Å². The molecule has 9 heavy (non-hydrogen) atoms. The Kier molecular flexibility index (Phi) is 14.8. The third-order valence-electron chi connectivity index (χ3n) is 0.514. The van der Waals surface area contributed by atoms with Crippen LogP contribution in [0.25, 0.3) is 0 Å². The maximum Gasteiger partial charge on any atom is 0 e. The predicted octanol–water partition coefficient (Wildman–Crippen LogP) is 1.91. The van der Waals surface area contributed by atoms with Gasteiger partial charge in [-0.1, -0.05) is 26.2 Å². The van der Waals surface area contributed by atoms with Gasteiger partial charge in [0.2, 0.25) is 0 Å². The fourth-order valence-corrected chi connectivity index (χ4v) is 0.277. The van der Waals surface area contributed by atoms with Crippen LogP contribution in [0.1, 0.15) is 13.8 Å². The smallest absolute Gasteiger partial charge is 0 e. The van der Waals surface area contributed by atoms with Crippen molar-refractivity contribution in [1.29, 1.82) is 0 Å². The van der Waals surface area contributed by atoms with E-state index >= 15 is 0 Å². The molecule has 1 aromatic heterocycles. The van der Waals surface area contributed by atoms with E-state index in [4.69, 9.17) is 0 Å². The van der Waals surface area contributed by atoms with E-state index in [-0.39, 0.29) is 32.7 Å². The molecule has 47 valence electrons. The fraction of sp³-hybridized carbons (Fsp3) is 0.286. The van der Waals surface area contributed by atoms with E-state index in [0.717, 1.165) is 0 Å². The summed E-state index contributed by atoms with van der Waals surface area (Å²) < 4.78 is 0. The van der Waals surface area contributed by atoms with E-state index in [2.05, 4.69) is 11.1 Å². The van der Waals surface area contributed by atoms with Crippen molar-refractivity contribution in [2.45, 2.75) is 13.8 Å². The van der Waals surface area contributed by atoms with Crippen LogP contribution >= 0.6 is 0 Å². The van der Waals surface area contributed by atoms with Gasteiger partial charge >= 0.3 is 0 Å². The van der Waals surface area contributed by atoms with Crippen LogP contribution in [0, 0.1) is 6.07 Å². The minimum atomic E-state index is 0. The minimum absolute atomic E-state index is 0. The Morgan fingerprint density at radius 3 is 2.11 bits per heavy atom. The van der Waals surface area contributed by atoms with Gasteiger partial charge in [0, 0.05) is 32.7 Å². The summed E-state index contributed by atoms with van der Waals surface area (Å²) in [5.41, 5.74) is 0. The zero-order chi connectivity index (χ0) is 6.24. The Morgan fingerprint density at radius 2 is 2.00 bits per heavy atom. The molecular weight excluding hydrogens is 187 g/mol. The third kappa shape index (κ3) is 8.25. The van der Waals surface area contributed by atoms with Crippen molar-refractivity contribution in [3.8, 4) is 0 Å².